The lowest BCUT2D eigenvalue weighted by atomic mass is 10.1. The number of aromatic nitrogens is 2. The first-order valence-corrected chi connectivity index (χ1v) is 7.63. The van der Waals surface area contributed by atoms with Gasteiger partial charge in [-0.3, -0.25) is 9.69 Å². The summed E-state index contributed by atoms with van der Waals surface area (Å²) in [6.45, 7) is 5.09. The summed E-state index contributed by atoms with van der Waals surface area (Å²) in [5.74, 6) is 0.00640. The monoisotopic (exact) mass is 307 g/mol. The van der Waals surface area contributed by atoms with Gasteiger partial charge >= 0.3 is 0 Å². The van der Waals surface area contributed by atoms with Crippen LogP contribution in [0.15, 0.2) is 18.5 Å². The van der Waals surface area contributed by atoms with Crippen LogP contribution in [-0.2, 0) is 0 Å². The molecule has 1 aromatic heterocycles. The van der Waals surface area contributed by atoms with Gasteiger partial charge in [0.2, 0.25) is 0 Å². The first kappa shape index (κ1) is 15.8. The maximum Gasteiger partial charge on any atom is 0.255 e. The zero-order valence-corrected chi connectivity index (χ0v) is 13.1. The van der Waals surface area contributed by atoms with Crippen LogP contribution in [0.3, 0.4) is 0 Å². The third kappa shape index (κ3) is 3.95. The van der Waals surface area contributed by atoms with E-state index in [1.54, 1.807) is 6.07 Å². The van der Waals surface area contributed by atoms with Gasteiger partial charge in [0.15, 0.2) is 0 Å². The lowest BCUT2D eigenvalue weighted by molar-refractivity contribution is 0.0608. The van der Waals surface area contributed by atoms with Crippen LogP contribution in [-0.4, -0.2) is 63.1 Å². The summed E-state index contributed by atoms with van der Waals surface area (Å²) in [6.07, 6.45) is 5.05. The highest BCUT2D eigenvalue weighted by atomic mass is 32.1. The number of hydrogen-bond acceptors (Lipinski definition) is 5. The Morgan fingerprint density at radius 3 is 2.62 bits per heavy atom. The van der Waals surface area contributed by atoms with E-state index in [4.69, 9.17) is 18.0 Å². The first-order valence-electron chi connectivity index (χ1n) is 7.22. The summed E-state index contributed by atoms with van der Waals surface area (Å²) < 4.78 is 0. The molecular formula is C14H21N5OS. The molecule has 0 bridgehead atoms. The standard InChI is InChI=1S/C14H21N5OS/c1-2-3-12(13(15)21)18-6-8-19(9-7-18)14(20)11-4-5-16-17-10-11/h4-5,10,12H,2-3,6-9H2,1H3,(H2,15,21). The first-order chi connectivity index (χ1) is 10.1. The molecule has 0 aromatic carbocycles. The van der Waals surface area contributed by atoms with E-state index in [2.05, 4.69) is 22.0 Å². The Morgan fingerprint density at radius 1 is 1.38 bits per heavy atom. The molecule has 1 unspecified atom stereocenters. The van der Waals surface area contributed by atoms with E-state index in [-0.39, 0.29) is 11.9 Å². The van der Waals surface area contributed by atoms with Gasteiger partial charge in [0.05, 0.1) is 29.0 Å². The average Bonchev–Trinajstić information content (AvgIpc) is 2.53. The van der Waals surface area contributed by atoms with E-state index >= 15 is 0 Å². The van der Waals surface area contributed by atoms with Crippen molar-refractivity contribution in [3.8, 4) is 0 Å². The summed E-state index contributed by atoms with van der Waals surface area (Å²) in [7, 11) is 0. The second-order valence-electron chi connectivity index (χ2n) is 5.17. The topological polar surface area (TPSA) is 75.3 Å². The fourth-order valence-electron chi connectivity index (χ4n) is 2.61. The number of nitrogens with zero attached hydrogens (tertiary/aromatic N) is 4. The Kier molecular flexibility index (Phi) is 5.58. The summed E-state index contributed by atoms with van der Waals surface area (Å²) in [5.41, 5.74) is 6.41. The minimum absolute atomic E-state index is 0.00640. The number of amides is 1. The van der Waals surface area contributed by atoms with Crippen molar-refractivity contribution >= 4 is 23.1 Å². The molecule has 1 atom stereocenters. The zero-order valence-electron chi connectivity index (χ0n) is 12.2. The Bertz CT molecular complexity index is 487. The van der Waals surface area contributed by atoms with Crippen molar-refractivity contribution in [2.45, 2.75) is 25.8 Å². The summed E-state index contributed by atoms with van der Waals surface area (Å²) >= 11 is 5.16. The number of thiocarbonyl (C=S) groups is 1. The molecule has 0 aliphatic carbocycles. The fraction of sp³-hybridized carbons (Fsp3) is 0.571. The number of rotatable bonds is 5. The highest BCUT2D eigenvalue weighted by molar-refractivity contribution is 7.80. The van der Waals surface area contributed by atoms with Crippen molar-refractivity contribution < 1.29 is 4.79 Å². The molecule has 0 saturated carbocycles. The van der Waals surface area contributed by atoms with Crippen LogP contribution in [0.4, 0.5) is 0 Å². The molecule has 0 spiro atoms. The predicted octanol–water partition coefficient (Wildman–Crippen LogP) is 0.689. The molecule has 1 amide bonds. The molecule has 6 nitrogen and oxygen atoms in total. The zero-order chi connectivity index (χ0) is 15.2. The second kappa shape index (κ2) is 7.42. The SMILES string of the molecule is CCCC(C(N)=S)N1CCN(C(=O)c2ccnnc2)CC1. The van der Waals surface area contributed by atoms with Crippen LogP contribution in [0.5, 0.6) is 0 Å². The lowest BCUT2D eigenvalue weighted by Gasteiger charge is -2.38. The molecule has 0 radical (unpaired) electrons. The summed E-state index contributed by atoms with van der Waals surface area (Å²) in [4.78, 5) is 17.0. The Morgan fingerprint density at radius 2 is 2.10 bits per heavy atom. The third-order valence-electron chi connectivity index (χ3n) is 3.76. The normalized spacial score (nSPS) is 17.5. The minimum Gasteiger partial charge on any atom is -0.392 e. The Labute approximate surface area is 130 Å². The van der Waals surface area contributed by atoms with Crippen LogP contribution in [0.1, 0.15) is 30.1 Å². The molecule has 2 heterocycles. The molecule has 1 saturated heterocycles. The summed E-state index contributed by atoms with van der Waals surface area (Å²) in [5, 5.41) is 7.44. The molecular weight excluding hydrogens is 286 g/mol. The van der Waals surface area contributed by atoms with Gasteiger partial charge in [0.1, 0.15) is 0 Å². The van der Waals surface area contributed by atoms with E-state index in [1.165, 1.54) is 12.4 Å². The molecule has 2 N–H and O–H groups in total. The number of piperazine rings is 1. The highest BCUT2D eigenvalue weighted by Gasteiger charge is 2.27. The van der Waals surface area contributed by atoms with Gasteiger partial charge in [-0.2, -0.15) is 10.2 Å². The lowest BCUT2D eigenvalue weighted by Crippen LogP contribution is -2.54. The molecule has 1 fully saturated rings. The fourth-order valence-corrected chi connectivity index (χ4v) is 2.88. The maximum absolute atomic E-state index is 12.3. The van der Waals surface area contributed by atoms with E-state index in [0.717, 1.165) is 25.9 Å². The van der Waals surface area contributed by atoms with Gasteiger partial charge in [-0.1, -0.05) is 25.6 Å². The summed E-state index contributed by atoms with van der Waals surface area (Å²) in [6, 6.07) is 1.83. The van der Waals surface area contributed by atoms with Crippen LogP contribution < -0.4 is 5.73 Å². The van der Waals surface area contributed by atoms with Crippen molar-refractivity contribution in [3.63, 3.8) is 0 Å². The van der Waals surface area contributed by atoms with Gasteiger partial charge in [-0.25, -0.2) is 0 Å². The van der Waals surface area contributed by atoms with Crippen molar-refractivity contribution in [3.05, 3.63) is 24.0 Å². The van der Waals surface area contributed by atoms with Crippen LogP contribution in [0.25, 0.3) is 0 Å². The number of hydrogen-bond donors (Lipinski definition) is 1. The van der Waals surface area contributed by atoms with Crippen LogP contribution in [0.2, 0.25) is 0 Å². The molecule has 7 heteroatoms. The molecule has 1 aliphatic heterocycles. The predicted molar refractivity (Wildman–Crippen MR) is 85.0 cm³/mol. The largest absolute Gasteiger partial charge is 0.392 e. The minimum atomic E-state index is 0.00640. The number of carbonyl (C=O) groups is 1. The maximum atomic E-state index is 12.3. The Balaban J connectivity index is 1.94. The van der Waals surface area contributed by atoms with Crippen molar-refractivity contribution in [1.82, 2.24) is 20.0 Å². The van der Waals surface area contributed by atoms with Gasteiger partial charge in [0, 0.05) is 26.2 Å². The van der Waals surface area contributed by atoms with Crippen molar-refractivity contribution in [2.75, 3.05) is 26.2 Å². The van der Waals surface area contributed by atoms with Gasteiger partial charge in [-0.05, 0) is 12.5 Å². The van der Waals surface area contributed by atoms with Gasteiger partial charge < -0.3 is 10.6 Å². The number of nitrogens with two attached hydrogens (primary N) is 1. The Hall–Kier alpha value is -1.60. The van der Waals surface area contributed by atoms with E-state index in [1.807, 2.05) is 4.90 Å². The van der Waals surface area contributed by atoms with E-state index < -0.39 is 0 Å². The molecule has 1 aromatic rings. The quantitative estimate of drug-likeness (QED) is 0.807. The van der Waals surface area contributed by atoms with Crippen molar-refractivity contribution in [2.24, 2.45) is 5.73 Å². The molecule has 114 valence electrons. The second-order valence-corrected chi connectivity index (χ2v) is 5.64. The van der Waals surface area contributed by atoms with Gasteiger partial charge in [-0.15, -0.1) is 0 Å². The molecule has 2 rings (SSSR count). The van der Waals surface area contributed by atoms with Crippen LogP contribution >= 0.6 is 12.2 Å². The van der Waals surface area contributed by atoms with Gasteiger partial charge in [0.25, 0.3) is 5.91 Å². The molecule has 1 aliphatic rings. The van der Waals surface area contributed by atoms with Crippen LogP contribution in [0, 0.1) is 0 Å². The molecule has 21 heavy (non-hydrogen) atoms. The third-order valence-corrected chi connectivity index (χ3v) is 4.04. The van der Waals surface area contributed by atoms with Crippen molar-refractivity contribution in [1.29, 1.82) is 0 Å². The average molecular weight is 307 g/mol. The number of carbonyl (C=O) groups excluding carboxylic acids is 1. The highest BCUT2D eigenvalue weighted by Crippen LogP contribution is 2.13. The smallest absolute Gasteiger partial charge is 0.255 e. The van der Waals surface area contributed by atoms with E-state index in [0.29, 0.717) is 23.6 Å². The van der Waals surface area contributed by atoms with E-state index in [9.17, 15) is 4.79 Å².